The number of nitrogens with zero attached hydrogens (tertiary/aromatic N) is 1. The van der Waals surface area contributed by atoms with Crippen LogP contribution in [0.15, 0.2) is 66.7 Å². The summed E-state index contributed by atoms with van der Waals surface area (Å²) in [6, 6.07) is 16.3. The van der Waals surface area contributed by atoms with E-state index in [0.29, 0.717) is 23.6 Å². The fourth-order valence-corrected chi connectivity index (χ4v) is 3.14. The van der Waals surface area contributed by atoms with E-state index in [2.05, 4.69) is 0 Å². The third-order valence-electron chi connectivity index (χ3n) is 4.70. The van der Waals surface area contributed by atoms with Crippen molar-refractivity contribution in [2.24, 2.45) is 0 Å². The molecule has 0 aromatic heterocycles. The first kappa shape index (κ1) is 22.7. The molecule has 0 fully saturated rings. The molecule has 1 unspecified atom stereocenters. The SMILES string of the molecule is COc1ccc(OCC(O)CN(Cc2ccc(F)cc2)Cc2ccc(F)cc2F)cc1. The fraction of sp³-hybridized carbons (Fsp3) is 0.250. The third kappa shape index (κ3) is 7.01. The van der Waals surface area contributed by atoms with Gasteiger partial charge >= 0.3 is 0 Å². The average Bonchev–Trinajstić information content (AvgIpc) is 2.76. The van der Waals surface area contributed by atoms with Gasteiger partial charge in [-0.25, -0.2) is 13.2 Å². The lowest BCUT2D eigenvalue weighted by atomic mass is 10.1. The Morgan fingerprint density at radius 2 is 1.48 bits per heavy atom. The molecule has 0 spiro atoms. The quantitative estimate of drug-likeness (QED) is 0.511. The van der Waals surface area contributed by atoms with Crippen LogP contribution < -0.4 is 9.47 Å². The van der Waals surface area contributed by atoms with Crippen LogP contribution >= 0.6 is 0 Å². The van der Waals surface area contributed by atoms with Crippen LogP contribution in [0.2, 0.25) is 0 Å². The molecule has 3 aromatic rings. The monoisotopic (exact) mass is 431 g/mol. The van der Waals surface area contributed by atoms with Gasteiger partial charge in [0.2, 0.25) is 0 Å². The van der Waals surface area contributed by atoms with Gasteiger partial charge in [0.1, 0.15) is 41.7 Å². The zero-order valence-electron chi connectivity index (χ0n) is 17.1. The Labute approximate surface area is 179 Å². The molecule has 0 aliphatic carbocycles. The highest BCUT2D eigenvalue weighted by molar-refractivity contribution is 5.31. The number of benzene rings is 3. The van der Waals surface area contributed by atoms with Crippen LogP contribution in [0, 0.1) is 17.5 Å². The molecule has 7 heteroatoms. The first-order valence-corrected chi connectivity index (χ1v) is 9.78. The molecular weight excluding hydrogens is 407 g/mol. The highest BCUT2D eigenvalue weighted by Crippen LogP contribution is 2.18. The molecular formula is C24H24F3NO3. The van der Waals surface area contributed by atoms with Gasteiger partial charge in [-0.1, -0.05) is 18.2 Å². The van der Waals surface area contributed by atoms with Crippen molar-refractivity contribution in [2.45, 2.75) is 19.2 Å². The molecule has 3 rings (SSSR count). The Balaban J connectivity index is 1.65. The van der Waals surface area contributed by atoms with E-state index in [1.54, 1.807) is 48.4 Å². The van der Waals surface area contributed by atoms with Crippen LogP contribution in [0.5, 0.6) is 11.5 Å². The van der Waals surface area contributed by atoms with Crippen molar-refractivity contribution in [3.05, 3.63) is 95.3 Å². The number of hydrogen-bond acceptors (Lipinski definition) is 4. The normalized spacial score (nSPS) is 12.1. The van der Waals surface area contributed by atoms with Gasteiger partial charge in [-0.2, -0.15) is 0 Å². The van der Waals surface area contributed by atoms with E-state index in [1.165, 1.54) is 24.3 Å². The summed E-state index contributed by atoms with van der Waals surface area (Å²) in [7, 11) is 1.57. The summed E-state index contributed by atoms with van der Waals surface area (Å²) in [6.07, 6.45) is -0.869. The van der Waals surface area contributed by atoms with Gasteiger partial charge < -0.3 is 14.6 Å². The first-order chi connectivity index (χ1) is 14.9. The van der Waals surface area contributed by atoms with Crippen molar-refractivity contribution in [2.75, 3.05) is 20.3 Å². The van der Waals surface area contributed by atoms with Crippen LogP contribution in [0.25, 0.3) is 0 Å². The molecule has 0 aliphatic rings. The Bertz CT molecular complexity index is 965. The minimum Gasteiger partial charge on any atom is -0.497 e. The molecule has 0 aliphatic heterocycles. The highest BCUT2D eigenvalue weighted by atomic mass is 19.1. The maximum atomic E-state index is 14.2. The van der Waals surface area contributed by atoms with Gasteiger partial charge in [-0.15, -0.1) is 0 Å². The fourth-order valence-electron chi connectivity index (χ4n) is 3.14. The van der Waals surface area contributed by atoms with E-state index in [1.807, 2.05) is 0 Å². The molecule has 3 aromatic carbocycles. The number of ether oxygens (including phenoxy) is 2. The van der Waals surface area contributed by atoms with E-state index in [4.69, 9.17) is 9.47 Å². The summed E-state index contributed by atoms with van der Waals surface area (Å²) in [4.78, 5) is 1.80. The van der Waals surface area contributed by atoms with Gasteiger partial charge in [-0.05, 0) is 48.0 Å². The number of halogens is 3. The standard InChI is InChI=1S/C24H24F3NO3/c1-30-22-8-10-23(11-9-22)31-16-21(29)15-28(13-17-2-5-19(25)6-3-17)14-18-4-7-20(26)12-24(18)27/h2-12,21,29H,13-16H2,1H3. The zero-order valence-corrected chi connectivity index (χ0v) is 17.1. The second-order valence-corrected chi connectivity index (χ2v) is 7.17. The minimum atomic E-state index is -0.869. The van der Waals surface area contributed by atoms with Crippen LogP contribution in [0.1, 0.15) is 11.1 Å². The lowest BCUT2D eigenvalue weighted by Crippen LogP contribution is -2.35. The van der Waals surface area contributed by atoms with E-state index in [0.717, 1.165) is 11.6 Å². The van der Waals surface area contributed by atoms with Crippen LogP contribution in [0.3, 0.4) is 0 Å². The molecule has 164 valence electrons. The van der Waals surface area contributed by atoms with E-state index in [9.17, 15) is 18.3 Å². The molecule has 4 nitrogen and oxygen atoms in total. The highest BCUT2D eigenvalue weighted by Gasteiger charge is 2.16. The topological polar surface area (TPSA) is 41.9 Å². The van der Waals surface area contributed by atoms with E-state index in [-0.39, 0.29) is 25.5 Å². The van der Waals surface area contributed by atoms with Crippen LogP contribution in [-0.2, 0) is 13.1 Å². The maximum absolute atomic E-state index is 14.2. The molecule has 0 bridgehead atoms. The first-order valence-electron chi connectivity index (χ1n) is 9.78. The minimum absolute atomic E-state index is 0.0259. The van der Waals surface area contributed by atoms with Gasteiger partial charge in [0.25, 0.3) is 0 Å². The summed E-state index contributed by atoms with van der Waals surface area (Å²) < 4.78 is 51.3. The third-order valence-corrected chi connectivity index (χ3v) is 4.70. The number of rotatable bonds is 10. The van der Waals surface area contributed by atoms with Gasteiger partial charge in [0, 0.05) is 31.3 Å². The van der Waals surface area contributed by atoms with E-state index < -0.39 is 17.7 Å². The predicted octanol–water partition coefficient (Wildman–Crippen LogP) is 4.55. The van der Waals surface area contributed by atoms with Crippen molar-refractivity contribution in [3.8, 4) is 11.5 Å². The van der Waals surface area contributed by atoms with Crippen molar-refractivity contribution in [3.63, 3.8) is 0 Å². The number of aliphatic hydroxyl groups is 1. The number of methoxy groups -OCH3 is 1. The molecule has 1 N–H and O–H groups in total. The summed E-state index contributed by atoms with van der Waals surface area (Å²) in [5.41, 5.74) is 1.10. The Morgan fingerprint density at radius 1 is 0.839 bits per heavy atom. The molecule has 0 radical (unpaired) electrons. The molecule has 1 atom stereocenters. The van der Waals surface area contributed by atoms with Crippen molar-refractivity contribution in [1.82, 2.24) is 4.90 Å². The largest absolute Gasteiger partial charge is 0.497 e. The number of aliphatic hydroxyl groups excluding tert-OH is 1. The maximum Gasteiger partial charge on any atom is 0.130 e. The zero-order chi connectivity index (χ0) is 22.2. The van der Waals surface area contributed by atoms with Gasteiger partial charge in [0.15, 0.2) is 0 Å². The van der Waals surface area contributed by atoms with Crippen molar-refractivity contribution < 1.29 is 27.8 Å². The molecule has 0 heterocycles. The smallest absolute Gasteiger partial charge is 0.130 e. The average molecular weight is 431 g/mol. The van der Waals surface area contributed by atoms with E-state index >= 15 is 0 Å². The molecule has 0 saturated heterocycles. The van der Waals surface area contributed by atoms with Crippen LogP contribution in [0.4, 0.5) is 13.2 Å². The lowest BCUT2D eigenvalue weighted by Gasteiger charge is -2.25. The number of hydrogen-bond donors (Lipinski definition) is 1. The Morgan fingerprint density at radius 3 is 2.13 bits per heavy atom. The molecule has 31 heavy (non-hydrogen) atoms. The Kier molecular flexibility index (Phi) is 7.92. The summed E-state index contributed by atoms with van der Waals surface area (Å²) >= 11 is 0. The van der Waals surface area contributed by atoms with Crippen molar-refractivity contribution >= 4 is 0 Å². The summed E-state index contributed by atoms with van der Waals surface area (Å²) in [6.45, 7) is 0.683. The predicted molar refractivity (Wildman–Crippen MR) is 111 cm³/mol. The second-order valence-electron chi connectivity index (χ2n) is 7.17. The summed E-state index contributed by atoms with van der Waals surface area (Å²) in [5, 5.41) is 10.5. The second kappa shape index (κ2) is 10.8. The summed E-state index contributed by atoms with van der Waals surface area (Å²) in [5.74, 6) is -0.394. The van der Waals surface area contributed by atoms with Gasteiger partial charge in [0.05, 0.1) is 7.11 Å². The molecule has 0 amide bonds. The van der Waals surface area contributed by atoms with Gasteiger partial charge in [-0.3, -0.25) is 4.90 Å². The Hall–Kier alpha value is -3.03. The van der Waals surface area contributed by atoms with Crippen LogP contribution in [-0.4, -0.2) is 36.4 Å². The molecule has 0 saturated carbocycles. The lowest BCUT2D eigenvalue weighted by molar-refractivity contribution is 0.0624. The van der Waals surface area contributed by atoms with Crippen molar-refractivity contribution in [1.29, 1.82) is 0 Å².